The lowest BCUT2D eigenvalue weighted by atomic mass is 10.2. The number of rotatable bonds is 5. The Morgan fingerprint density at radius 3 is 2.76 bits per heavy atom. The molecule has 1 fully saturated rings. The summed E-state index contributed by atoms with van der Waals surface area (Å²) in [5, 5.41) is 2.37. The Bertz CT molecular complexity index is 321. The van der Waals surface area contributed by atoms with E-state index < -0.39 is 12.0 Å². The molecule has 0 aliphatic carbocycles. The predicted molar refractivity (Wildman–Crippen MR) is 63.7 cm³/mol. The van der Waals surface area contributed by atoms with E-state index in [4.69, 9.17) is 0 Å². The van der Waals surface area contributed by atoms with Crippen LogP contribution in [0.15, 0.2) is 0 Å². The lowest BCUT2D eigenvalue weighted by Crippen LogP contribution is -2.47. The number of carbonyl (C=O) groups is 3. The third-order valence-corrected chi connectivity index (χ3v) is 3.20. The van der Waals surface area contributed by atoms with Crippen LogP contribution in [0.3, 0.4) is 0 Å². The second kappa shape index (κ2) is 6.48. The number of hydrogen-bond acceptors (Lipinski definition) is 5. The van der Waals surface area contributed by atoms with Gasteiger partial charge in [-0.3, -0.25) is 14.4 Å². The highest BCUT2D eigenvalue weighted by Gasteiger charge is 2.31. The maximum Gasteiger partial charge on any atom is 0.325 e. The van der Waals surface area contributed by atoms with Crippen LogP contribution in [-0.2, 0) is 14.3 Å². The number of hydrogen-bond donors (Lipinski definition) is 1. The van der Waals surface area contributed by atoms with Gasteiger partial charge in [-0.05, 0) is 6.42 Å². The zero-order valence-corrected chi connectivity index (χ0v) is 10.7. The van der Waals surface area contributed by atoms with Gasteiger partial charge < -0.3 is 15.0 Å². The highest BCUT2D eigenvalue weighted by Crippen LogP contribution is 2.15. The van der Waals surface area contributed by atoms with Crippen LogP contribution in [-0.4, -0.2) is 54.0 Å². The standard InChI is InChI=1S/C10H16N2O4S/c1-3-4-12(5-8(13)16-2)9(14)7-6-17-10(15)11-7/h7H,3-6H2,1-2H3,(H,11,15). The van der Waals surface area contributed by atoms with Gasteiger partial charge >= 0.3 is 5.97 Å². The normalized spacial score (nSPS) is 18.7. The van der Waals surface area contributed by atoms with Gasteiger partial charge in [0.05, 0.1) is 7.11 Å². The summed E-state index contributed by atoms with van der Waals surface area (Å²) < 4.78 is 4.54. The average molecular weight is 260 g/mol. The van der Waals surface area contributed by atoms with E-state index in [1.165, 1.54) is 12.0 Å². The smallest absolute Gasteiger partial charge is 0.325 e. The van der Waals surface area contributed by atoms with Crippen LogP contribution in [0.2, 0.25) is 0 Å². The van der Waals surface area contributed by atoms with E-state index in [1.807, 2.05) is 6.92 Å². The summed E-state index contributed by atoms with van der Waals surface area (Å²) in [5.74, 6) is -0.265. The molecule has 0 aromatic carbocycles. The maximum atomic E-state index is 12.0. The molecule has 1 saturated heterocycles. The summed E-state index contributed by atoms with van der Waals surface area (Å²) in [6.07, 6.45) is 0.747. The number of amides is 2. The molecule has 17 heavy (non-hydrogen) atoms. The molecule has 1 N–H and O–H groups in total. The van der Waals surface area contributed by atoms with Crippen molar-refractivity contribution in [1.29, 1.82) is 0 Å². The molecule has 7 heteroatoms. The fraction of sp³-hybridized carbons (Fsp3) is 0.700. The minimum absolute atomic E-state index is 0.0692. The quantitative estimate of drug-likeness (QED) is 0.716. The van der Waals surface area contributed by atoms with Crippen molar-refractivity contribution in [2.75, 3.05) is 26.0 Å². The molecule has 0 aromatic heterocycles. The van der Waals surface area contributed by atoms with E-state index >= 15 is 0 Å². The fourth-order valence-electron chi connectivity index (χ4n) is 1.50. The molecule has 0 aromatic rings. The molecule has 1 atom stereocenters. The third-order valence-electron chi connectivity index (χ3n) is 2.32. The number of carbonyl (C=O) groups excluding carboxylic acids is 3. The number of ether oxygens (including phenoxy) is 1. The van der Waals surface area contributed by atoms with Crippen molar-refractivity contribution in [1.82, 2.24) is 10.2 Å². The highest BCUT2D eigenvalue weighted by molar-refractivity contribution is 8.14. The van der Waals surface area contributed by atoms with Crippen molar-refractivity contribution in [3.05, 3.63) is 0 Å². The topological polar surface area (TPSA) is 75.7 Å². The summed E-state index contributed by atoms with van der Waals surface area (Å²) >= 11 is 1.08. The van der Waals surface area contributed by atoms with Gasteiger partial charge in [0.25, 0.3) is 5.24 Å². The Morgan fingerprint density at radius 2 is 2.29 bits per heavy atom. The van der Waals surface area contributed by atoms with Crippen molar-refractivity contribution >= 4 is 28.9 Å². The minimum Gasteiger partial charge on any atom is -0.468 e. The second-order valence-corrected chi connectivity index (χ2v) is 4.62. The van der Waals surface area contributed by atoms with Crippen molar-refractivity contribution in [3.8, 4) is 0 Å². The molecule has 6 nitrogen and oxygen atoms in total. The van der Waals surface area contributed by atoms with Crippen LogP contribution in [0.4, 0.5) is 4.79 Å². The maximum absolute atomic E-state index is 12.0. The molecule has 1 heterocycles. The number of methoxy groups -OCH3 is 1. The largest absolute Gasteiger partial charge is 0.468 e. The van der Waals surface area contributed by atoms with Gasteiger partial charge in [0, 0.05) is 12.3 Å². The van der Waals surface area contributed by atoms with Gasteiger partial charge in [0.15, 0.2) is 0 Å². The third kappa shape index (κ3) is 3.92. The molecule has 1 unspecified atom stereocenters. The minimum atomic E-state index is -0.524. The number of esters is 1. The van der Waals surface area contributed by atoms with Gasteiger partial charge in [-0.2, -0.15) is 0 Å². The van der Waals surface area contributed by atoms with E-state index in [0.29, 0.717) is 12.3 Å². The van der Waals surface area contributed by atoms with Crippen LogP contribution >= 0.6 is 11.8 Å². The summed E-state index contributed by atoms with van der Waals surface area (Å²) in [6.45, 7) is 2.32. The Hall–Kier alpha value is -1.24. The summed E-state index contributed by atoms with van der Waals surface area (Å²) in [5.41, 5.74) is 0. The first-order valence-electron chi connectivity index (χ1n) is 5.37. The van der Waals surface area contributed by atoms with Crippen LogP contribution in [0.25, 0.3) is 0 Å². The van der Waals surface area contributed by atoms with Crippen LogP contribution in [0.1, 0.15) is 13.3 Å². The lowest BCUT2D eigenvalue weighted by Gasteiger charge is -2.23. The predicted octanol–water partition coefficient (Wildman–Crippen LogP) is 0.223. The molecular weight excluding hydrogens is 244 g/mol. The molecule has 0 spiro atoms. The van der Waals surface area contributed by atoms with Crippen molar-refractivity contribution in [2.45, 2.75) is 19.4 Å². The molecule has 0 bridgehead atoms. The first-order valence-corrected chi connectivity index (χ1v) is 6.36. The van der Waals surface area contributed by atoms with Crippen molar-refractivity contribution in [2.24, 2.45) is 0 Å². The second-order valence-electron chi connectivity index (χ2n) is 3.63. The van der Waals surface area contributed by atoms with E-state index in [9.17, 15) is 14.4 Å². The zero-order valence-electron chi connectivity index (χ0n) is 9.89. The van der Waals surface area contributed by atoms with Crippen molar-refractivity contribution in [3.63, 3.8) is 0 Å². The molecule has 2 amide bonds. The van der Waals surface area contributed by atoms with Gasteiger partial charge in [0.2, 0.25) is 5.91 Å². The molecule has 1 aliphatic heterocycles. The molecule has 1 rings (SSSR count). The highest BCUT2D eigenvalue weighted by atomic mass is 32.2. The Kier molecular flexibility index (Phi) is 5.27. The molecular formula is C10H16N2O4S. The van der Waals surface area contributed by atoms with E-state index in [2.05, 4.69) is 10.1 Å². The number of nitrogens with zero attached hydrogens (tertiary/aromatic N) is 1. The van der Waals surface area contributed by atoms with E-state index in [0.717, 1.165) is 18.2 Å². The zero-order chi connectivity index (χ0) is 12.8. The summed E-state index contributed by atoms with van der Waals surface area (Å²) in [6, 6.07) is -0.524. The Labute approximate surface area is 104 Å². The molecule has 0 radical (unpaired) electrons. The molecule has 0 saturated carbocycles. The molecule has 1 aliphatic rings. The number of thioether (sulfide) groups is 1. The van der Waals surface area contributed by atoms with Gasteiger partial charge in [0.1, 0.15) is 12.6 Å². The van der Waals surface area contributed by atoms with Gasteiger partial charge in [-0.25, -0.2) is 0 Å². The average Bonchev–Trinajstić information content (AvgIpc) is 2.74. The van der Waals surface area contributed by atoms with Gasteiger partial charge in [-0.15, -0.1) is 0 Å². The first-order chi connectivity index (χ1) is 8.08. The van der Waals surface area contributed by atoms with Crippen LogP contribution in [0.5, 0.6) is 0 Å². The monoisotopic (exact) mass is 260 g/mol. The SMILES string of the molecule is CCCN(CC(=O)OC)C(=O)C1CSC(=O)N1. The van der Waals surface area contributed by atoms with E-state index in [-0.39, 0.29) is 17.7 Å². The van der Waals surface area contributed by atoms with Crippen LogP contribution in [0, 0.1) is 0 Å². The fourth-order valence-corrected chi connectivity index (χ4v) is 2.27. The number of nitrogens with one attached hydrogen (secondary N) is 1. The lowest BCUT2D eigenvalue weighted by molar-refractivity contribution is -0.147. The Balaban J connectivity index is 2.59. The van der Waals surface area contributed by atoms with E-state index in [1.54, 1.807) is 0 Å². The summed E-state index contributed by atoms with van der Waals surface area (Å²) in [7, 11) is 1.28. The summed E-state index contributed by atoms with van der Waals surface area (Å²) in [4.78, 5) is 35.6. The van der Waals surface area contributed by atoms with Crippen LogP contribution < -0.4 is 5.32 Å². The first kappa shape index (κ1) is 13.8. The Morgan fingerprint density at radius 1 is 1.59 bits per heavy atom. The van der Waals surface area contributed by atoms with Crippen molar-refractivity contribution < 1.29 is 19.1 Å². The molecule has 96 valence electrons. The van der Waals surface area contributed by atoms with Gasteiger partial charge in [-0.1, -0.05) is 18.7 Å².